The summed E-state index contributed by atoms with van der Waals surface area (Å²) in [6.45, 7) is 4.65. The molecule has 2 aromatic rings. The number of aromatic nitrogens is 4. The van der Waals surface area contributed by atoms with Gasteiger partial charge >= 0.3 is 0 Å². The first kappa shape index (κ1) is 11.8. The molecule has 5 nitrogen and oxygen atoms in total. The first-order valence-corrected chi connectivity index (χ1v) is 7.18. The van der Waals surface area contributed by atoms with Gasteiger partial charge in [0, 0.05) is 17.6 Å². The van der Waals surface area contributed by atoms with Crippen LogP contribution in [-0.4, -0.2) is 26.5 Å². The van der Waals surface area contributed by atoms with Crippen molar-refractivity contribution in [1.82, 2.24) is 25.3 Å². The maximum atomic E-state index is 4.42. The van der Waals surface area contributed by atoms with E-state index in [9.17, 15) is 0 Å². The number of nitrogens with zero attached hydrogens (tertiary/aromatic N) is 4. The van der Waals surface area contributed by atoms with E-state index in [1.807, 2.05) is 17.8 Å². The van der Waals surface area contributed by atoms with Gasteiger partial charge < -0.3 is 5.32 Å². The molecule has 0 atom stereocenters. The normalized spacial score (nSPS) is 15.2. The van der Waals surface area contributed by atoms with E-state index >= 15 is 0 Å². The molecule has 96 valence electrons. The summed E-state index contributed by atoms with van der Waals surface area (Å²) in [5.41, 5.74) is 2.07. The van der Waals surface area contributed by atoms with Crippen molar-refractivity contribution in [2.24, 2.45) is 5.92 Å². The Bertz CT molecular complexity index is 514. The summed E-state index contributed by atoms with van der Waals surface area (Å²) in [7, 11) is 0. The molecule has 0 aromatic carbocycles. The Labute approximate surface area is 110 Å². The molecule has 18 heavy (non-hydrogen) atoms. The number of nitrogens with one attached hydrogen (secondary N) is 1. The van der Waals surface area contributed by atoms with Gasteiger partial charge in [-0.15, -0.1) is 16.4 Å². The Balaban J connectivity index is 1.52. The van der Waals surface area contributed by atoms with Gasteiger partial charge in [0.1, 0.15) is 5.01 Å². The maximum absolute atomic E-state index is 4.42. The van der Waals surface area contributed by atoms with Gasteiger partial charge in [-0.3, -0.25) is 0 Å². The van der Waals surface area contributed by atoms with Crippen LogP contribution >= 0.6 is 11.3 Å². The van der Waals surface area contributed by atoms with E-state index in [0.717, 1.165) is 35.4 Å². The van der Waals surface area contributed by atoms with Gasteiger partial charge in [-0.1, -0.05) is 5.21 Å². The first-order valence-electron chi connectivity index (χ1n) is 6.30. The van der Waals surface area contributed by atoms with Crippen LogP contribution < -0.4 is 5.32 Å². The number of rotatable bonds is 6. The van der Waals surface area contributed by atoms with E-state index < -0.39 is 0 Å². The molecule has 1 aliphatic carbocycles. The second kappa shape index (κ2) is 5.16. The molecule has 1 aliphatic rings. The average molecular weight is 263 g/mol. The molecule has 0 amide bonds. The molecule has 0 spiro atoms. The fourth-order valence-electron chi connectivity index (χ4n) is 1.84. The van der Waals surface area contributed by atoms with Gasteiger partial charge in [0.15, 0.2) is 0 Å². The molecular formula is C12H17N5S. The summed E-state index contributed by atoms with van der Waals surface area (Å²) >= 11 is 1.67. The summed E-state index contributed by atoms with van der Waals surface area (Å²) in [6, 6.07) is 0. The molecule has 3 rings (SSSR count). The second-order valence-corrected chi connectivity index (χ2v) is 5.81. The number of hydrogen-bond acceptors (Lipinski definition) is 5. The van der Waals surface area contributed by atoms with Crippen LogP contribution in [0.3, 0.4) is 0 Å². The summed E-state index contributed by atoms with van der Waals surface area (Å²) < 4.78 is 1.85. The smallest absolute Gasteiger partial charge is 0.114 e. The lowest BCUT2D eigenvalue weighted by Crippen LogP contribution is -2.16. The van der Waals surface area contributed by atoms with Gasteiger partial charge in [-0.2, -0.15) is 0 Å². The molecule has 6 heteroatoms. The summed E-state index contributed by atoms with van der Waals surface area (Å²) in [4.78, 5) is 4.42. The van der Waals surface area contributed by atoms with Crippen LogP contribution in [0.15, 0.2) is 11.6 Å². The zero-order valence-corrected chi connectivity index (χ0v) is 11.3. The van der Waals surface area contributed by atoms with Gasteiger partial charge in [-0.05, 0) is 32.2 Å². The van der Waals surface area contributed by atoms with Crippen LogP contribution in [0.1, 0.15) is 29.2 Å². The highest BCUT2D eigenvalue weighted by atomic mass is 32.1. The van der Waals surface area contributed by atoms with Crippen LogP contribution in [0.5, 0.6) is 0 Å². The summed E-state index contributed by atoms with van der Waals surface area (Å²) in [6.07, 6.45) is 4.75. The van der Waals surface area contributed by atoms with Crippen molar-refractivity contribution in [3.8, 4) is 0 Å². The third-order valence-corrected chi connectivity index (χ3v) is 3.94. The fourth-order valence-corrected chi connectivity index (χ4v) is 2.60. The van der Waals surface area contributed by atoms with Crippen LogP contribution in [0, 0.1) is 12.8 Å². The average Bonchev–Trinajstić information content (AvgIpc) is 2.92. The Morgan fingerprint density at radius 1 is 1.50 bits per heavy atom. The van der Waals surface area contributed by atoms with E-state index in [4.69, 9.17) is 0 Å². The van der Waals surface area contributed by atoms with Gasteiger partial charge in [-0.25, -0.2) is 9.67 Å². The Morgan fingerprint density at radius 2 is 2.39 bits per heavy atom. The molecule has 0 radical (unpaired) electrons. The third-order valence-electron chi connectivity index (χ3n) is 2.99. The minimum atomic E-state index is 0.716. The molecule has 1 N–H and O–H groups in total. The highest BCUT2D eigenvalue weighted by Crippen LogP contribution is 2.27. The Kier molecular flexibility index (Phi) is 3.38. The van der Waals surface area contributed by atoms with E-state index in [0.29, 0.717) is 6.54 Å². The predicted molar refractivity (Wildman–Crippen MR) is 70.4 cm³/mol. The van der Waals surface area contributed by atoms with Gasteiger partial charge in [0.05, 0.1) is 18.4 Å². The molecule has 2 heterocycles. The molecule has 0 saturated heterocycles. The minimum absolute atomic E-state index is 0.716. The van der Waals surface area contributed by atoms with E-state index in [-0.39, 0.29) is 0 Å². The van der Waals surface area contributed by atoms with E-state index in [1.165, 1.54) is 12.8 Å². The Hall–Kier alpha value is -1.27. The molecule has 1 fully saturated rings. The molecular weight excluding hydrogens is 246 g/mol. The summed E-state index contributed by atoms with van der Waals surface area (Å²) in [5, 5.41) is 14.8. The quantitative estimate of drug-likeness (QED) is 0.860. The van der Waals surface area contributed by atoms with Crippen molar-refractivity contribution in [2.45, 2.75) is 32.9 Å². The number of aryl methyl sites for hydroxylation is 1. The number of hydrogen-bond donors (Lipinski definition) is 1. The monoisotopic (exact) mass is 263 g/mol. The second-order valence-electron chi connectivity index (χ2n) is 4.86. The minimum Gasteiger partial charge on any atom is -0.311 e. The van der Waals surface area contributed by atoms with Crippen LogP contribution in [-0.2, 0) is 13.1 Å². The predicted octanol–water partition coefficient (Wildman–Crippen LogP) is 1.59. The van der Waals surface area contributed by atoms with E-state index in [1.54, 1.807) is 11.3 Å². The third kappa shape index (κ3) is 3.14. The lowest BCUT2D eigenvalue weighted by molar-refractivity contribution is 0.626. The van der Waals surface area contributed by atoms with Gasteiger partial charge in [0.2, 0.25) is 0 Å². The van der Waals surface area contributed by atoms with Gasteiger partial charge in [0.25, 0.3) is 0 Å². The molecule has 0 unspecified atom stereocenters. The molecule has 0 aliphatic heterocycles. The molecule has 1 saturated carbocycles. The van der Waals surface area contributed by atoms with Crippen LogP contribution in [0.2, 0.25) is 0 Å². The molecule has 2 aromatic heterocycles. The van der Waals surface area contributed by atoms with Crippen molar-refractivity contribution in [3.05, 3.63) is 28.0 Å². The lowest BCUT2D eigenvalue weighted by Gasteiger charge is -1.98. The highest BCUT2D eigenvalue weighted by molar-refractivity contribution is 7.09. The van der Waals surface area contributed by atoms with Crippen molar-refractivity contribution >= 4 is 11.3 Å². The zero-order chi connectivity index (χ0) is 12.4. The molecule has 0 bridgehead atoms. The zero-order valence-electron chi connectivity index (χ0n) is 10.5. The topological polar surface area (TPSA) is 55.6 Å². The maximum Gasteiger partial charge on any atom is 0.114 e. The summed E-state index contributed by atoms with van der Waals surface area (Å²) in [5.74, 6) is 0.901. The van der Waals surface area contributed by atoms with Crippen molar-refractivity contribution in [2.75, 3.05) is 6.54 Å². The van der Waals surface area contributed by atoms with Crippen LogP contribution in [0.25, 0.3) is 0 Å². The van der Waals surface area contributed by atoms with E-state index in [2.05, 4.69) is 26.0 Å². The number of thiazole rings is 1. The standard InChI is InChI=1S/C12H17N5S/c1-9-8-18-12(14-9)7-17-6-11(15-16-17)5-13-4-10-2-3-10/h6,8,10,13H,2-5,7H2,1H3. The Morgan fingerprint density at radius 3 is 3.11 bits per heavy atom. The van der Waals surface area contributed by atoms with Crippen molar-refractivity contribution in [1.29, 1.82) is 0 Å². The lowest BCUT2D eigenvalue weighted by atomic mass is 10.4. The highest BCUT2D eigenvalue weighted by Gasteiger charge is 2.20. The largest absolute Gasteiger partial charge is 0.311 e. The first-order chi connectivity index (χ1) is 8.79. The fraction of sp³-hybridized carbons (Fsp3) is 0.583. The SMILES string of the molecule is Cc1csc(Cn2cc(CNCC3CC3)nn2)n1. The van der Waals surface area contributed by atoms with Crippen molar-refractivity contribution < 1.29 is 0 Å². The van der Waals surface area contributed by atoms with Crippen LogP contribution in [0.4, 0.5) is 0 Å². The van der Waals surface area contributed by atoms with Crippen molar-refractivity contribution in [3.63, 3.8) is 0 Å².